The van der Waals surface area contributed by atoms with Gasteiger partial charge in [-0.1, -0.05) is 0 Å². The predicted octanol–water partition coefficient (Wildman–Crippen LogP) is 2.38. The van der Waals surface area contributed by atoms with Gasteiger partial charge in [-0.15, -0.1) is 0 Å². The van der Waals surface area contributed by atoms with E-state index in [2.05, 4.69) is 26.9 Å². The highest BCUT2D eigenvalue weighted by Crippen LogP contribution is 2.36. The van der Waals surface area contributed by atoms with Crippen LogP contribution in [-0.2, 0) is 4.79 Å². The van der Waals surface area contributed by atoms with Crippen molar-refractivity contribution in [3.63, 3.8) is 0 Å². The van der Waals surface area contributed by atoms with Crippen molar-refractivity contribution >= 4 is 11.7 Å². The largest absolute Gasteiger partial charge is 0.481 e. The maximum Gasteiger partial charge on any atom is 0.306 e. The van der Waals surface area contributed by atoms with E-state index in [1.807, 2.05) is 12.4 Å². The Kier molecular flexibility index (Phi) is 6.48. The fourth-order valence-electron chi connectivity index (χ4n) is 4.35. The number of rotatable bonds is 7. The van der Waals surface area contributed by atoms with Crippen LogP contribution in [0.25, 0.3) is 0 Å². The number of hydrogen-bond acceptors (Lipinski definition) is 5. The molecule has 1 saturated heterocycles. The van der Waals surface area contributed by atoms with E-state index in [1.54, 1.807) is 0 Å². The zero-order valence-corrected chi connectivity index (χ0v) is 15.5. The summed E-state index contributed by atoms with van der Waals surface area (Å²) in [6.45, 7) is 5.47. The van der Waals surface area contributed by atoms with Crippen LogP contribution in [0.15, 0.2) is 24.5 Å². The third-order valence-electron chi connectivity index (χ3n) is 6.00. The van der Waals surface area contributed by atoms with E-state index in [0.717, 1.165) is 45.6 Å². The van der Waals surface area contributed by atoms with Crippen LogP contribution in [0.5, 0.6) is 0 Å². The molecule has 6 nitrogen and oxygen atoms in total. The summed E-state index contributed by atoms with van der Waals surface area (Å²) in [5, 5.41) is 19.2. The highest BCUT2D eigenvalue weighted by atomic mass is 16.4. The molecule has 1 aromatic heterocycles. The van der Waals surface area contributed by atoms with Gasteiger partial charge in [-0.05, 0) is 63.1 Å². The molecular weight excluding hydrogens is 330 g/mol. The SMILES string of the molecule is O=C(O)CC1(O)CCC(CCCN2CCN(c3ccncc3)CC2)CC1. The highest BCUT2D eigenvalue weighted by molar-refractivity contribution is 5.68. The number of piperazine rings is 1. The number of nitrogens with zero attached hydrogens (tertiary/aromatic N) is 3. The monoisotopic (exact) mass is 361 g/mol. The highest BCUT2D eigenvalue weighted by Gasteiger charge is 2.34. The Balaban J connectivity index is 1.31. The van der Waals surface area contributed by atoms with Crippen molar-refractivity contribution in [2.45, 2.75) is 50.5 Å². The third-order valence-corrected chi connectivity index (χ3v) is 6.00. The molecule has 1 aromatic rings. The lowest BCUT2D eigenvalue weighted by Gasteiger charge is -2.37. The first-order valence-electron chi connectivity index (χ1n) is 9.86. The summed E-state index contributed by atoms with van der Waals surface area (Å²) in [6, 6.07) is 4.15. The lowest BCUT2D eigenvalue weighted by Crippen LogP contribution is -2.46. The van der Waals surface area contributed by atoms with Crippen molar-refractivity contribution in [1.82, 2.24) is 9.88 Å². The summed E-state index contributed by atoms with van der Waals surface area (Å²) in [5.41, 5.74) is 0.293. The smallest absolute Gasteiger partial charge is 0.306 e. The zero-order chi connectivity index (χ0) is 18.4. The minimum atomic E-state index is -0.967. The second kappa shape index (κ2) is 8.82. The molecule has 2 N–H and O–H groups in total. The second-order valence-corrected chi connectivity index (χ2v) is 7.91. The molecule has 26 heavy (non-hydrogen) atoms. The Hall–Kier alpha value is -1.66. The van der Waals surface area contributed by atoms with Crippen LogP contribution >= 0.6 is 0 Å². The lowest BCUT2D eigenvalue weighted by molar-refractivity contribution is -0.144. The van der Waals surface area contributed by atoms with Crippen molar-refractivity contribution in [2.24, 2.45) is 5.92 Å². The van der Waals surface area contributed by atoms with E-state index in [0.29, 0.717) is 18.8 Å². The van der Waals surface area contributed by atoms with Gasteiger partial charge in [-0.25, -0.2) is 0 Å². The van der Waals surface area contributed by atoms with Crippen molar-refractivity contribution in [3.05, 3.63) is 24.5 Å². The van der Waals surface area contributed by atoms with E-state index in [-0.39, 0.29) is 6.42 Å². The van der Waals surface area contributed by atoms with Gasteiger partial charge in [0.15, 0.2) is 0 Å². The van der Waals surface area contributed by atoms with Gasteiger partial charge in [0.05, 0.1) is 12.0 Å². The quantitative estimate of drug-likeness (QED) is 0.776. The first-order chi connectivity index (χ1) is 12.5. The van der Waals surface area contributed by atoms with Crippen molar-refractivity contribution < 1.29 is 15.0 Å². The molecule has 0 aromatic carbocycles. The standard InChI is InChI=1S/C20H31N3O3/c24-19(25)16-20(26)7-3-17(4-8-20)2-1-11-22-12-14-23(15-13-22)18-5-9-21-10-6-18/h5-6,9-10,17,26H,1-4,7-8,11-16H2,(H,24,25). The number of pyridine rings is 1. The molecular formula is C20H31N3O3. The number of aliphatic hydroxyl groups is 1. The van der Waals surface area contributed by atoms with Gasteiger partial charge < -0.3 is 15.1 Å². The summed E-state index contributed by atoms with van der Waals surface area (Å²) in [4.78, 5) is 19.9. The van der Waals surface area contributed by atoms with Gasteiger partial charge in [0.1, 0.15) is 0 Å². The first kappa shape index (κ1) is 19.1. The Morgan fingerprint density at radius 3 is 2.42 bits per heavy atom. The lowest BCUT2D eigenvalue weighted by atomic mass is 9.76. The molecule has 144 valence electrons. The fraction of sp³-hybridized carbons (Fsp3) is 0.700. The third kappa shape index (κ3) is 5.42. The second-order valence-electron chi connectivity index (χ2n) is 7.91. The molecule has 1 saturated carbocycles. The van der Waals surface area contributed by atoms with Crippen LogP contribution in [0.1, 0.15) is 44.9 Å². The van der Waals surface area contributed by atoms with E-state index >= 15 is 0 Å². The Bertz CT molecular complexity index is 565. The van der Waals surface area contributed by atoms with E-state index in [4.69, 9.17) is 5.11 Å². The minimum absolute atomic E-state index is 0.110. The van der Waals surface area contributed by atoms with Crippen molar-refractivity contribution in [1.29, 1.82) is 0 Å². The number of carboxylic acids is 1. The molecule has 0 atom stereocenters. The summed E-state index contributed by atoms with van der Waals surface area (Å²) >= 11 is 0. The number of hydrogen-bond donors (Lipinski definition) is 2. The average molecular weight is 361 g/mol. The molecule has 1 aliphatic heterocycles. The number of carboxylic acid groups (broad SMARTS) is 1. The van der Waals surface area contributed by atoms with E-state index < -0.39 is 11.6 Å². The molecule has 3 rings (SSSR count). The summed E-state index contributed by atoms with van der Waals surface area (Å²) in [6.07, 6.45) is 9.15. The van der Waals surface area contributed by atoms with E-state index in [9.17, 15) is 9.90 Å². The molecule has 0 radical (unpaired) electrons. The molecule has 0 unspecified atom stereocenters. The number of anilines is 1. The number of aliphatic carboxylic acids is 1. The van der Waals surface area contributed by atoms with Crippen molar-refractivity contribution in [2.75, 3.05) is 37.6 Å². The zero-order valence-electron chi connectivity index (χ0n) is 15.5. The van der Waals surface area contributed by atoms with Crippen LogP contribution < -0.4 is 4.90 Å². The van der Waals surface area contributed by atoms with Gasteiger partial charge in [0.25, 0.3) is 0 Å². The number of carbonyl (C=O) groups is 1. The Morgan fingerprint density at radius 2 is 1.81 bits per heavy atom. The topological polar surface area (TPSA) is 76.9 Å². The molecule has 2 heterocycles. The molecule has 0 bridgehead atoms. The molecule has 0 amide bonds. The molecule has 1 aliphatic carbocycles. The Labute approximate surface area is 155 Å². The van der Waals surface area contributed by atoms with Crippen LogP contribution in [-0.4, -0.2) is 64.4 Å². The molecule has 0 spiro atoms. The van der Waals surface area contributed by atoms with Gasteiger partial charge >= 0.3 is 5.97 Å². The van der Waals surface area contributed by atoms with Crippen LogP contribution in [0, 0.1) is 5.92 Å². The van der Waals surface area contributed by atoms with Gasteiger partial charge in [0.2, 0.25) is 0 Å². The maximum atomic E-state index is 10.8. The fourth-order valence-corrected chi connectivity index (χ4v) is 4.35. The normalized spacial score (nSPS) is 27.4. The molecule has 6 heteroatoms. The van der Waals surface area contributed by atoms with Gasteiger partial charge in [-0.2, -0.15) is 0 Å². The van der Waals surface area contributed by atoms with Crippen LogP contribution in [0.3, 0.4) is 0 Å². The summed E-state index contributed by atoms with van der Waals surface area (Å²) in [7, 11) is 0. The minimum Gasteiger partial charge on any atom is -0.481 e. The van der Waals surface area contributed by atoms with Crippen LogP contribution in [0.4, 0.5) is 5.69 Å². The first-order valence-corrected chi connectivity index (χ1v) is 9.86. The van der Waals surface area contributed by atoms with Crippen LogP contribution in [0.2, 0.25) is 0 Å². The summed E-state index contributed by atoms with van der Waals surface area (Å²) < 4.78 is 0. The summed E-state index contributed by atoms with van der Waals surface area (Å²) in [5.74, 6) is -0.251. The van der Waals surface area contributed by atoms with Crippen molar-refractivity contribution in [3.8, 4) is 0 Å². The van der Waals surface area contributed by atoms with Gasteiger partial charge in [0, 0.05) is 44.3 Å². The predicted molar refractivity (Wildman–Crippen MR) is 101 cm³/mol. The maximum absolute atomic E-state index is 10.8. The van der Waals surface area contributed by atoms with Gasteiger partial charge in [-0.3, -0.25) is 14.7 Å². The molecule has 2 aliphatic rings. The Morgan fingerprint density at radius 1 is 1.15 bits per heavy atom. The van der Waals surface area contributed by atoms with E-state index in [1.165, 1.54) is 18.5 Å². The molecule has 2 fully saturated rings. The number of aromatic nitrogens is 1. The average Bonchev–Trinajstić information content (AvgIpc) is 2.64.